The van der Waals surface area contributed by atoms with Crippen LogP contribution in [0.1, 0.15) is 17.5 Å². The summed E-state index contributed by atoms with van der Waals surface area (Å²) >= 11 is 0. The van der Waals surface area contributed by atoms with E-state index in [1.54, 1.807) is 24.3 Å². The van der Waals surface area contributed by atoms with Gasteiger partial charge in [0.15, 0.2) is 0 Å². The molecule has 0 fully saturated rings. The summed E-state index contributed by atoms with van der Waals surface area (Å²) in [6, 6.07) is 15.1. The number of carbonyl (C=O) groups is 3. The molecule has 2 rings (SSSR count). The average molecular weight is 355 g/mol. The van der Waals surface area contributed by atoms with Gasteiger partial charge in [0, 0.05) is 5.69 Å². The normalized spacial score (nSPS) is 11.3. The van der Waals surface area contributed by atoms with E-state index < -0.39 is 23.9 Å². The van der Waals surface area contributed by atoms with E-state index >= 15 is 0 Å². The van der Waals surface area contributed by atoms with E-state index in [2.05, 4.69) is 10.6 Å². The Bertz CT molecular complexity index is 777. The Kier molecular flexibility index (Phi) is 6.73. The molecule has 1 unspecified atom stereocenters. The molecule has 7 nitrogen and oxygen atoms in total. The first-order valence-corrected chi connectivity index (χ1v) is 8.07. The van der Waals surface area contributed by atoms with E-state index in [0.717, 1.165) is 11.1 Å². The second kappa shape index (κ2) is 9.22. The Morgan fingerprint density at radius 1 is 1.04 bits per heavy atom. The lowest BCUT2D eigenvalue weighted by molar-refractivity contribution is -0.123. The summed E-state index contributed by atoms with van der Waals surface area (Å²) in [6.07, 6.45) is -1.14. The van der Waals surface area contributed by atoms with Crippen LogP contribution in [0, 0.1) is 6.92 Å². The average Bonchev–Trinajstić information content (AvgIpc) is 2.62. The van der Waals surface area contributed by atoms with Crippen LogP contribution in [0.5, 0.6) is 0 Å². The molecule has 2 aromatic rings. The first-order valence-electron chi connectivity index (χ1n) is 8.07. The highest BCUT2D eigenvalue weighted by molar-refractivity contribution is 5.99. The monoisotopic (exact) mass is 355 g/mol. The molecule has 0 heterocycles. The highest BCUT2D eigenvalue weighted by Crippen LogP contribution is 2.14. The number of benzene rings is 2. The maximum absolute atomic E-state index is 12.4. The van der Waals surface area contributed by atoms with Crippen molar-refractivity contribution in [2.75, 3.05) is 5.32 Å². The maximum Gasteiger partial charge on any atom is 0.408 e. The summed E-state index contributed by atoms with van der Waals surface area (Å²) in [5.41, 5.74) is 7.43. The second-order valence-electron chi connectivity index (χ2n) is 5.73. The first kappa shape index (κ1) is 19.0. The number of amides is 3. The van der Waals surface area contributed by atoms with Gasteiger partial charge in [-0.3, -0.25) is 9.59 Å². The molecule has 136 valence electrons. The molecule has 0 saturated heterocycles. The zero-order chi connectivity index (χ0) is 18.9. The minimum atomic E-state index is -1.13. The van der Waals surface area contributed by atoms with Crippen molar-refractivity contribution in [3.05, 3.63) is 65.7 Å². The van der Waals surface area contributed by atoms with Gasteiger partial charge in [-0.15, -0.1) is 0 Å². The predicted octanol–water partition coefficient (Wildman–Crippen LogP) is 2.10. The lowest BCUT2D eigenvalue weighted by Gasteiger charge is -2.18. The van der Waals surface area contributed by atoms with Crippen molar-refractivity contribution in [3.8, 4) is 0 Å². The van der Waals surface area contributed by atoms with Gasteiger partial charge in [-0.2, -0.15) is 0 Å². The van der Waals surface area contributed by atoms with Gasteiger partial charge >= 0.3 is 6.09 Å². The molecule has 7 heteroatoms. The van der Waals surface area contributed by atoms with E-state index in [-0.39, 0.29) is 13.0 Å². The Labute approximate surface area is 151 Å². The number of para-hydroxylation sites is 1. The van der Waals surface area contributed by atoms with Gasteiger partial charge in [0.05, 0.1) is 6.42 Å². The summed E-state index contributed by atoms with van der Waals surface area (Å²) in [6.45, 7) is 1.88. The zero-order valence-electron chi connectivity index (χ0n) is 14.4. The fraction of sp³-hybridized carbons (Fsp3) is 0.211. The summed E-state index contributed by atoms with van der Waals surface area (Å²) in [4.78, 5) is 35.6. The van der Waals surface area contributed by atoms with Gasteiger partial charge in [0.2, 0.25) is 11.8 Å². The molecule has 0 radical (unpaired) electrons. The van der Waals surface area contributed by atoms with Crippen LogP contribution in [0.2, 0.25) is 0 Å². The van der Waals surface area contributed by atoms with Crippen LogP contribution >= 0.6 is 0 Å². The number of hydrogen-bond donors (Lipinski definition) is 3. The van der Waals surface area contributed by atoms with Crippen LogP contribution < -0.4 is 16.4 Å². The summed E-state index contributed by atoms with van der Waals surface area (Å²) in [7, 11) is 0. The number of alkyl carbamates (subject to hydrolysis) is 1. The van der Waals surface area contributed by atoms with Crippen molar-refractivity contribution in [1.82, 2.24) is 5.32 Å². The van der Waals surface area contributed by atoms with Gasteiger partial charge in [-0.25, -0.2) is 4.79 Å². The fourth-order valence-electron chi connectivity index (χ4n) is 2.25. The smallest absolute Gasteiger partial charge is 0.408 e. The number of ether oxygens (including phenoxy) is 1. The second-order valence-corrected chi connectivity index (χ2v) is 5.73. The molecule has 0 saturated carbocycles. The molecule has 0 bridgehead atoms. The van der Waals surface area contributed by atoms with Crippen LogP contribution in [-0.4, -0.2) is 23.9 Å². The molecule has 0 aliphatic heterocycles. The third kappa shape index (κ3) is 5.94. The molecule has 4 N–H and O–H groups in total. The van der Waals surface area contributed by atoms with E-state index in [1.807, 2.05) is 37.3 Å². The van der Waals surface area contributed by atoms with Crippen molar-refractivity contribution in [3.63, 3.8) is 0 Å². The Hall–Kier alpha value is -3.35. The number of carbonyl (C=O) groups excluding carboxylic acids is 3. The topological polar surface area (TPSA) is 111 Å². The van der Waals surface area contributed by atoms with Crippen LogP contribution in [0.15, 0.2) is 54.6 Å². The molecule has 0 aliphatic carbocycles. The van der Waals surface area contributed by atoms with Crippen LogP contribution in [0.3, 0.4) is 0 Å². The number of primary amides is 1. The quantitative estimate of drug-likeness (QED) is 0.706. The predicted molar refractivity (Wildman–Crippen MR) is 97.2 cm³/mol. The van der Waals surface area contributed by atoms with Crippen LogP contribution in [0.25, 0.3) is 0 Å². The summed E-state index contributed by atoms with van der Waals surface area (Å²) < 4.78 is 5.08. The highest BCUT2D eigenvalue weighted by atomic mass is 16.5. The lowest BCUT2D eigenvalue weighted by atomic mass is 10.1. The van der Waals surface area contributed by atoms with Crippen LogP contribution in [-0.2, 0) is 20.9 Å². The molecule has 0 aliphatic rings. The van der Waals surface area contributed by atoms with E-state index in [1.165, 1.54) is 0 Å². The molecule has 1 atom stereocenters. The van der Waals surface area contributed by atoms with E-state index in [9.17, 15) is 14.4 Å². The van der Waals surface area contributed by atoms with Gasteiger partial charge in [-0.05, 0) is 24.1 Å². The number of rotatable bonds is 7. The number of anilines is 1. The molecule has 2 aromatic carbocycles. The largest absolute Gasteiger partial charge is 0.445 e. The zero-order valence-corrected chi connectivity index (χ0v) is 14.4. The highest BCUT2D eigenvalue weighted by Gasteiger charge is 2.24. The minimum Gasteiger partial charge on any atom is -0.445 e. The third-order valence-corrected chi connectivity index (χ3v) is 3.63. The molecular formula is C19H21N3O4. The van der Waals surface area contributed by atoms with E-state index in [0.29, 0.717) is 5.69 Å². The van der Waals surface area contributed by atoms with Crippen molar-refractivity contribution < 1.29 is 19.1 Å². The lowest BCUT2D eigenvalue weighted by Crippen LogP contribution is -2.46. The Morgan fingerprint density at radius 3 is 2.35 bits per heavy atom. The van der Waals surface area contributed by atoms with Crippen molar-refractivity contribution in [1.29, 1.82) is 0 Å². The number of hydrogen-bond acceptors (Lipinski definition) is 4. The van der Waals surface area contributed by atoms with Crippen molar-refractivity contribution in [2.45, 2.75) is 26.0 Å². The third-order valence-electron chi connectivity index (χ3n) is 3.63. The van der Waals surface area contributed by atoms with Gasteiger partial charge in [0.1, 0.15) is 12.6 Å². The summed E-state index contributed by atoms with van der Waals surface area (Å²) in [5.74, 6) is -1.26. The van der Waals surface area contributed by atoms with Crippen LogP contribution in [0.4, 0.5) is 10.5 Å². The molecule has 0 aromatic heterocycles. The van der Waals surface area contributed by atoms with Crippen molar-refractivity contribution >= 4 is 23.6 Å². The first-order chi connectivity index (χ1) is 12.5. The van der Waals surface area contributed by atoms with Crippen molar-refractivity contribution in [2.24, 2.45) is 5.73 Å². The summed E-state index contributed by atoms with van der Waals surface area (Å²) in [5, 5.41) is 5.06. The molecule has 0 spiro atoms. The van der Waals surface area contributed by atoms with E-state index in [4.69, 9.17) is 10.5 Å². The fourth-order valence-corrected chi connectivity index (χ4v) is 2.25. The van der Waals surface area contributed by atoms with Gasteiger partial charge in [-0.1, -0.05) is 48.5 Å². The molecule has 3 amide bonds. The minimum absolute atomic E-state index is 0.0510. The number of nitrogens with two attached hydrogens (primary N) is 1. The maximum atomic E-state index is 12.4. The Morgan fingerprint density at radius 2 is 1.69 bits per heavy atom. The van der Waals surface area contributed by atoms with Gasteiger partial charge < -0.3 is 21.1 Å². The molecular weight excluding hydrogens is 334 g/mol. The number of aryl methyl sites for hydroxylation is 1. The Balaban J connectivity index is 1.97. The molecule has 26 heavy (non-hydrogen) atoms. The standard InChI is InChI=1S/C19H21N3O4/c1-13-7-5-6-10-15(13)21-18(24)16(11-17(20)23)22-19(25)26-12-14-8-3-2-4-9-14/h2-10,16H,11-12H2,1H3,(H2,20,23)(H,21,24)(H,22,25). The van der Waals surface area contributed by atoms with Gasteiger partial charge in [0.25, 0.3) is 0 Å². The SMILES string of the molecule is Cc1ccccc1NC(=O)C(CC(N)=O)NC(=O)OCc1ccccc1. The number of nitrogens with one attached hydrogen (secondary N) is 2.